The number of aromatic amines is 1. The van der Waals surface area contributed by atoms with E-state index in [2.05, 4.69) is 17.2 Å². The Morgan fingerprint density at radius 1 is 1.38 bits per heavy atom. The van der Waals surface area contributed by atoms with Crippen molar-refractivity contribution in [3.8, 4) is 0 Å². The molecule has 4 N–H and O–H groups in total. The van der Waals surface area contributed by atoms with E-state index in [9.17, 15) is 14.4 Å². The number of rotatable bonds is 5. The second-order valence-corrected chi connectivity index (χ2v) is 7.93. The molecule has 2 aromatic heterocycles. The van der Waals surface area contributed by atoms with Gasteiger partial charge >= 0.3 is 0 Å². The summed E-state index contributed by atoms with van der Waals surface area (Å²) in [6.45, 7) is 4.15. The summed E-state index contributed by atoms with van der Waals surface area (Å²) in [6.07, 6.45) is 4.33. The molecule has 2 amide bonds. The van der Waals surface area contributed by atoms with Crippen LogP contribution in [0.15, 0.2) is 16.9 Å². The third-order valence-electron chi connectivity index (χ3n) is 4.79. The molecule has 0 aromatic carbocycles. The highest BCUT2D eigenvalue weighted by atomic mass is 32.1. The van der Waals surface area contributed by atoms with Crippen LogP contribution in [0.5, 0.6) is 0 Å². The predicted molar refractivity (Wildman–Crippen MR) is 102 cm³/mol. The Hall–Kier alpha value is -2.41. The first-order valence-corrected chi connectivity index (χ1v) is 9.68. The van der Waals surface area contributed by atoms with E-state index < -0.39 is 11.5 Å². The second-order valence-electron chi connectivity index (χ2n) is 6.67. The molecule has 0 aliphatic heterocycles. The third kappa shape index (κ3) is 3.58. The van der Waals surface area contributed by atoms with Crippen molar-refractivity contribution in [2.75, 3.05) is 0 Å². The van der Waals surface area contributed by atoms with Gasteiger partial charge in [0.05, 0.1) is 10.9 Å². The van der Waals surface area contributed by atoms with Gasteiger partial charge in [0, 0.05) is 10.6 Å². The Morgan fingerprint density at radius 2 is 2.15 bits per heavy atom. The molecule has 0 bridgehead atoms. The van der Waals surface area contributed by atoms with E-state index in [-0.39, 0.29) is 17.5 Å². The molecule has 0 spiro atoms. The molecule has 26 heavy (non-hydrogen) atoms. The van der Waals surface area contributed by atoms with E-state index in [4.69, 9.17) is 5.73 Å². The van der Waals surface area contributed by atoms with Crippen LogP contribution in [0.4, 0.5) is 0 Å². The largest absolute Gasteiger partial charge is 0.365 e. The van der Waals surface area contributed by atoms with Gasteiger partial charge in [-0.3, -0.25) is 14.4 Å². The molecular weight excluding hydrogens is 350 g/mol. The van der Waals surface area contributed by atoms with Gasteiger partial charge in [-0.1, -0.05) is 13.3 Å². The van der Waals surface area contributed by atoms with Gasteiger partial charge < -0.3 is 16.0 Å². The standard InChI is InChI=1S/C19H23N3O3S/c1-3-5-11-8-16(26-10(11)2)19(25)22-15-7-4-6-14-12(15)9-13(17(20)23)18(24)21-14/h8-9,15H,3-7H2,1-2H3,(H2,20,23)(H,21,24)(H,22,25). The van der Waals surface area contributed by atoms with Crippen LogP contribution >= 0.6 is 11.3 Å². The number of nitrogens with one attached hydrogen (secondary N) is 2. The Bertz CT molecular complexity index is 913. The van der Waals surface area contributed by atoms with Crippen molar-refractivity contribution in [3.63, 3.8) is 0 Å². The van der Waals surface area contributed by atoms with Crippen molar-refractivity contribution in [3.05, 3.63) is 54.6 Å². The van der Waals surface area contributed by atoms with Crippen molar-refractivity contribution < 1.29 is 9.59 Å². The number of fused-ring (bicyclic) bond motifs is 1. The number of aromatic nitrogens is 1. The molecule has 1 unspecified atom stereocenters. The maximum Gasteiger partial charge on any atom is 0.261 e. The van der Waals surface area contributed by atoms with Crippen LogP contribution in [0.25, 0.3) is 0 Å². The number of amides is 2. The van der Waals surface area contributed by atoms with Crippen molar-refractivity contribution in [1.29, 1.82) is 0 Å². The zero-order chi connectivity index (χ0) is 18.8. The quantitative estimate of drug-likeness (QED) is 0.750. The molecule has 3 rings (SSSR count). The van der Waals surface area contributed by atoms with Gasteiger partial charge in [0.2, 0.25) is 0 Å². The molecule has 138 valence electrons. The zero-order valence-electron chi connectivity index (χ0n) is 15.0. The van der Waals surface area contributed by atoms with Gasteiger partial charge in [-0.2, -0.15) is 0 Å². The molecule has 1 atom stereocenters. The lowest BCUT2D eigenvalue weighted by molar-refractivity contribution is 0.0936. The number of pyridine rings is 1. The maximum atomic E-state index is 12.7. The molecule has 2 heterocycles. The average Bonchev–Trinajstić information content (AvgIpc) is 2.95. The summed E-state index contributed by atoms with van der Waals surface area (Å²) in [5, 5.41) is 3.06. The van der Waals surface area contributed by atoms with Crippen molar-refractivity contribution in [1.82, 2.24) is 10.3 Å². The highest BCUT2D eigenvalue weighted by Gasteiger charge is 2.25. The van der Waals surface area contributed by atoms with Crippen LogP contribution < -0.4 is 16.6 Å². The monoisotopic (exact) mass is 373 g/mol. The first kappa shape index (κ1) is 18.4. The van der Waals surface area contributed by atoms with E-state index in [1.165, 1.54) is 27.8 Å². The van der Waals surface area contributed by atoms with E-state index in [0.29, 0.717) is 4.88 Å². The predicted octanol–water partition coefficient (Wildman–Crippen LogP) is 2.60. The zero-order valence-corrected chi connectivity index (χ0v) is 15.8. The lowest BCUT2D eigenvalue weighted by atomic mass is 9.90. The van der Waals surface area contributed by atoms with Crippen LogP contribution in [-0.4, -0.2) is 16.8 Å². The van der Waals surface area contributed by atoms with Gasteiger partial charge in [-0.15, -0.1) is 11.3 Å². The van der Waals surface area contributed by atoms with Crippen LogP contribution in [0.2, 0.25) is 0 Å². The van der Waals surface area contributed by atoms with Gasteiger partial charge in [0.1, 0.15) is 5.56 Å². The number of H-pyrrole nitrogens is 1. The maximum absolute atomic E-state index is 12.7. The van der Waals surface area contributed by atoms with Gasteiger partial charge in [0.25, 0.3) is 17.4 Å². The van der Waals surface area contributed by atoms with Crippen molar-refractivity contribution in [2.24, 2.45) is 5.73 Å². The normalized spacial score (nSPS) is 16.2. The van der Waals surface area contributed by atoms with Crippen LogP contribution in [0, 0.1) is 6.92 Å². The minimum absolute atomic E-state index is 0.0675. The van der Waals surface area contributed by atoms with Crippen LogP contribution in [0.1, 0.15) is 74.0 Å². The molecule has 0 saturated carbocycles. The molecule has 7 heteroatoms. The number of aryl methyl sites for hydroxylation is 3. The lowest BCUT2D eigenvalue weighted by Crippen LogP contribution is -2.33. The van der Waals surface area contributed by atoms with Gasteiger partial charge in [0.15, 0.2) is 0 Å². The molecular formula is C19H23N3O3S. The summed E-state index contributed by atoms with van der Waals surface area (Å²) in [5.41, 5.74) is 7.51. The fraction of sp³-hybridized carbons (Fsp3) is 0.421. The van der Waals surface area contributed by atoms with Gasteiger partial charge in [-0.05, 0) is 55.9 Å². The molecule has 6 nitrogen and oxygen atoms in total. The number of carbonyl (C=O) groups excluding carboxylic acids is 2. The first-order chi connectivity index (χ1) is 12.4. The lowest BCUT2D eigenvalue weighted by Gasteiger charge is -2.26. The second kappa shape index (κ2) is 7.45. The van der Waals surface area contributed by atoms with Crippen molar-refractivity contribution in [2.45, 2.75) is 52.0 Å². The van der Waals surface area contributed by atoms with Crippen molar-refractivity contribution >= 4 is 23.2 Å². The topological polar surface area (TPSA) is 105 Å². The summed E-state index contributed by atoms with van der Waals surface area (Å²) in [5.74, 6) is -0.882. The average molecular weight is 373 g/mol. The van der Waals surface area contributed by atoms with Crippen LogP contribution in [0.3, 0.4) is 0 Å². The fourth-order valence-electron chi connectivity index (χ4n) is 3.45. The Morgan fingerprint density at radius 3 is 2.85 bits per heavy atom. The number of primary amides is 1. The number of nitrogens with two attached hydrogens (primary N) is 1. The van der Waals surface area contributed by atoms with E-state index in [1.807, 2.05) is 13.0 Å². The molecule has 0 radical (unpaired) electrons. The summed E-state index contributed by atoms with van der Waals surface area (Å²) in [6, 6.07) is 3.26. The smallest absolute Gasteiger partial charge is 0.261 e. The molecule has 1 aliphatic rings. The summed E-state index contributed by atoms with van der Waals surface area (Å²) >= 11 is 1.50. The summed E-state index contributed by atoms with van der Waals surface area (Å²) < 4.78 is 0. The molecule has 0 saturated heterocycles. The highest BCUT2D eigenvalue weighted by molar-refractivity contribution is 7.14. The minimum atomic E-state index is -0.761. The summed E-state index contributed by atoms with van der Waals surface area (Å²) in [4.78, 5) is 40.7. The highest BCUT2D eigenvalue weighted by Crippen LogP contribution is 2.30. The number of carbonyl (C=O) groups is 2. The van der Waals surface area contributed by atoms with E-state index in [0.717, 1.165) is 43.4 Å². The Labute approximate surface area is 155 Å². The van der Waals surface area contributed by atoms with E-state index in [1.54, 1.807) is 0 Å². The minimum Gasteiger partial charge on any atom is -0.365 e. The Balaban J connectivity index is 1.87. The summed E-state index contributed by atoms with van der Waals surface area (Å²) in [7, 11) is 0. The number of hydrogen-bond acceptors (Lipinski definition) is 4. The molecule has 2 aromatic rings. The van der Waals surface area contributed by atoms with Crippen LogP contribution in [-0.2, 0) is 12.8 Å². The molecule has 1 aliphatic carbocycles. The Kier molecular flexibility index (Phi) is 5.27. The number of thiophene rings is 1. The first-order valence-electron chi connectivity index (χ1n) is 8.86. The number of hydrogen-bond donors (Lipinski definition) is 3. The van der Waals surface area contributed by atoms with E-state index >= 15 is 0 Å². The fourth-order valence-corrected chi connectivity index (χ4v) is 4.43. The third-order valence-corrected chi connectivity index (χ3v) is 5.88. The molecule has 0 fully saturated rings. The van der Waals surface area contributed by atoms with Gasteiger partial charge in [-0.25, -0.2) is 0 Å². The SMILES string of the molecule is CCCc1cc(C(=O)NC2CCCc3[nH]c(=O)c(C(N)=O)cc32)sc1C.